The second kappa shape index (κ2) is 3.23. The van der Waals surface area contributed by atoms with Crippen molar-refractivity contribution in [2.45, 2.75) is 38.3 Å². The zero-order chi connectivity index (χ0) is 8.32. The van der Waals surface area contributed by atoms with Crippen molar-refractivity contribution in [1.29, 1.82) is 0 Å². The molecule has 2 heteroatoms. The lowest BCUT2D eigenvalue weighted by Crippen LogP contribution is -2.43. The molecule has 0 radical (unpaired) electrons. The smallest absolute Gasteiger partial charge is 0.286 e. The van der Waals surface area contributed by atoms with Crippen LogP contribution in [0.1, 0.15) is 32.6 Å². The minimum Gasteiger partial charge on any atom is -0.293 e. The Kier molecular flexibility index (Phi) is 2.51. The number of nitrogens with zero attached hydrogens (tertiary/aromatic N) is 1. The van der Waals surface area contributed by atoms with Crippen LogP contribution < -0.4 is 5.32 Å². The summed E-state index contributed by atoms with van der Waals surface area (Å²) in [5.74, 6) is 0.713. The van der Waals surface area contributed by atoms with Gasteiger partial charge < -0.3 is 0 Å². The van der Waals surface area contributed by atoms with Crippen molar-refractivity contribution in [1.82, 2.24) is 5.32 Å². The fraction of sp³-hybridized carbons (Fsp3) is 0.889. The van der Waals surface area contributed by atoms with E-state index >= 15 is 0 Å². The van der Waals surface area contributed by atoms with E-state index in [9.17, 15) is 0 Å². The van der Waals surface area contributed by atoms with E-state index < -0.39 is 0 Å². The van der Waals surface area contributed by atoms with Gasteiger partial charge in [-0.05, 0) is 25.8 Å². The third-order valence-corrected chi connectivity index (χ3v) is 2.65. The molecule has 1 N–H and O–H groups in total. The molecule has 2 nitrogen and oxygen atoms in total. The molecule has 0 bridgehead atoms. The van der Waals surface area contributed by atoms with Gasteiger partial charge in [0.25, 0.3) is 5.66 Å². The molecule has 1 saturated carbocycles. The molecule has 1 rings (SSSR count). The Morgan fingerprint density at radius 2 is 2.36 bits per heavy atom. The van der Waals surface area contributed by atoms with Crippen LogP contribution in [0.4, 0.5) is 0 Å². The summed E-state index contributed by atoms with van der Waals surface area (Å²) in [7, 11) is 1.90. The van der Waals surface area contributed by atoms with Crippen LogP contribution >= 0.6 is 0 Å². The first-order chi connectivity index (χ1) is 5.22. The maximum atomic E-state index is 7.10. The molecule has 62 valence electrons. The molecule has 0 aromatic carbocycles. The maximum absolute atomic E-state index is 7.10. The number of rotatable bonds is 1. The van der Waals surface area contributed by atoms with Gasteiger partial charge in [0.15, 0.2) is 0 Å². The van der Waals surface area contributed by atoms with Crippen molar-refractivity contribution in [3.05, 3.63) is 11.4 Å². The van der Waals surface area contributed by atoms with Crippen LogP contribution in [-0.2, 0) is 0 Å². The van der Waals surface area contributed by atoms with E-state index in [1.165, 1.54) is 12.8 Å². The lowest BCUT2D eigenvalue weighted by Gasteiger charge is -2.29. The Balaban J connectivity index is 2.62. The molecule has 0 heterocycles. The van der Waals surface area contributed by atoms with Crippen LogP contribution in [0.2, 0.25) is 0 Å². The van der Waals surface area contributed by atoms with E-state index in [1.54, 1.807) is 0 Å². The molecule has 1 aliphatic carbocycles. The fourth-order valence-corrected chi connectivity index (χ4v) is 1.91. The summed E-state index contributed by atoms with van der Waals surface area (Å²) in [5.41, 5.74) is -0.225. The third kappa shape index (κ3) is 1.72. The van der Waals surface area contributed by atoms with Gasteiger partial charge in [0.05, 0.1) is 0 Å². The van der Waals surface area contributed by atoms with Gasteiger partial charge in [0, 0.05) is 12.8 Å². The predicted octanol–water partition coefficient (Wildman–Crippen LogP) is 2.03. The molecular formula is C9H16N2. The van der Waals surface area contributed by atoms with Crippen molar-refractivity contribution in [2.24, 2.45) is 5.92 Å². The van der Waals surface area contributed by atoms with Crippen LogP contribution in [0.15, 0.2) is 0 Å². The maximum Gasteiger partial charge on any atom is 0.286 e. The zero-order valence-corrected chi connectivity index (χ0v) is 7.35. The summed E-state index contributed by atoms with van der Waals surface area (Å²) in [5, 5.41) is 3.14. The molecule has 0 amide bonds. The molecule has 0 aliphatic heterocycles. The highest BCUT2D eigenvalue weighted by molar-refractivity contribution is 4.98. The first-order valence-electron chi connectivity index (χ1n) is 4.30. The summed E-state index contributed by atoms with van der Waals surface area (Å²) >= 11 is 0. The number of hydrogen-bond acceptors (Lipinski definition) is 1. The van der Waals surface area contributed by atoms with Crippen LogP contribution in [0, 0.1) is 12.5 Å². The van der Waals surface area contributed by atoms with Gasteiger partial charge in [-0.2, -0.15) is 0 Å². The normalized spacial score (nSPS) is 38.1. The molecule has 1 fully saturated rings. The monoisotopic (exact) mass is 152 g/mol. The minimum atomic E-state index is -0.225. The van der Waals surface area contributed by atoms with Gasteiger partial charge in [0.2, 0.25) is 0 Å². The summed E-state index contributed by atoms with van der Waals surface area (Å²) in [6.45, 7) is 9.33. The molecule has 2 unspecified atom stereocenters. The van der Waals surface area contributed by atoms with Gasteiger partial charge >= 0.3 is 0 Å². The van der Waals surface area contributed by atoms with Crippen LogP contribution in [0.3, 0.4) is 0 Å². The molecule has 2 atom stereocenters. The molecule has 0 saturated heterocycles. The number of nitrogens with one attached hydrogen (secondary N) is 1. The quantitative estimate of drug-likeness (QED) is 0.569. The van der Waals surface area contributed by atoms with Gasteiger partial charge in [-0.3, -0.25) is 4.85 Å². The SMILES string of the molecule is [C-]#[N+]C1(NC)CCCC(C)C1. The highest BCUT2D eigenvalue weighted by Gasteiger charge is 2.38. The van der Waals surface area contributed by atoms with Crippen molar-refractivity contribution in [3.8, 4) is 0 Å². The Labute approximate surface area is 68.8 Å². The molecule has 1 aliphatic rings. The molecule has 11 heavy (non-hydrogen) atoms. The van der Waals surface area contributed by atoms with Crippen molar-refractivity contribution >= 4 is 0 Å². The Morgan fingerprint density at radius 3 is 2.73 bits per heavy atom. The molecule has 0 aromatic heterocycles. The van der Waals surface area contributed by atoms with E-state index in [4.69, 9.17) is 6.57 Å². The summed E-state index contributed by atoms with van der Waals surface area (Å²) in [4.78, 5) is 3.69. The average Bonchev–Trinajstić information content (AvgIpc) is 2.04. The third-order valence-electron chi connectivity index (χ3n) is 2.65. The van der Waals surface area contributed by atoms with E-state index in [0.717, 1.165) is 12.8 Å². The Bertz CT molecular complexity index is 171. The van der Waals surface area contributed by atoms with E-state index in [0.29, 0.717) is 5.92 Å². The first-order valence-corrected chi connectivity index (χ1v) is 4.30. The van der Waals surface area contributed by atoms with E-state index in [1.807, 2.05) is 7.05 Å². The summed E-state index contributed by atoms with van der Waals surface area (Å²) in [6, 6.07) is 0. The zero-order valence-electron chi connectivity index (χ0n) is 7.35. The topological polar surface area (TPSA) is 16.4 Å². The van der Waals surface area contributed by atoms with Crippen molar-refractivity contribution in [2.75, 3.05) is 7.05 Å². The standard InChI is InChI=1S/C9H16N2/c1-8-5-4-6-9(7-8,10-2)11-3/h8,10H,4-7H2,1-2H3. The Morgan fingerprint density at radius 1 is 1.64 bits per heavy atom. The Hall–Kier alpha value is -0.550. The second-order valence-corrected chi connectivity index (χ2v) is 3.59. The highest BCUT2D eigenvalue weighted by atomic mass is 15.1. The largest absolute Gasteiger partial charge is 0.293 e. The average molecular weight is 152 g/mol. The second-order valence-electron chi connectivity index (χ2n) is 3.59. The minimum absolute atomic E-state index is 0.225. The van der Waals surface area contributed by atoms with Crippen LogP contribution in [0.5, 0.6) is 0 Å². The lowest BCUT2D eigenvalue weighted by molar-refractivity contribution is 0.244. The fourth-order valence-electron chi connectivity index (χ4n) is 1.91. The van der Waals surface area contributed by atoms with Crippen molar-refractivity contribution < 1.29 is 0 Å². The number of hydrogen-bond donors (Lipinski definition) is 1. The van der Waals surface area contributed by atoms with Gasteiger partial charge in [-0.25, -0.2) is 11.9 Å². The molecule has 0 aromatic rings. The summed E-state index contributed by atoms with van der Waals surface area (Å²) < 4.78 is 0. The van der Waals surface area contributed by atoms with Crippen LogP contribution in [-0.4, -0.2) is 12.7 Å². The summed E-state index contributed by atoms with van der Waals surface area (Å²) in [6.07, 6.45) is 4.54. The van der Waals surface area contributed by atoms with E-state index in [2.05, 4.69) is 17.1 Å². The predicted molar refractivity (Wildman–Crippen MR) is 46.0 cm³/mol. The van der Waals surface area contributed by atoms with Gasteiger partial charge in [-0.15, -0.1) is 0 Å². The van der Waals surface area contributed by atoms with Gasteiger partial charge in [-0.1, -0.05) is 6.92 Å². The molecular weight excluding hydrogens is 136 g/mol. The highest BCUT2D eigenvalue weighted by Crippen LogP contribution is 2.32. The lowest BCUT2D eigenvalue weighted by atomic mass is 9.82. The van der Waals surface area contributed by atoms with Gasteiger partial charge in [0.1, 0.15) is 0 Å². The van der Waals surface area contributed by atoms with Crippen LogP contribution in [0.25, 0.3) is 4.85 Å². The first kappa shape index (κ1) is 8.55. The van der Waals surface area contributed by atoms with Crippen molar-refractivity contribution in [3.63, 3.8) is 0 Å². The molecule has 0 spiro atoms. The van der Waals surface area contributed by atoms with E-state index in [-0.39, 0.29) is 5.66 Å².